The zero-order valence-corrected chi connectivity index (χ0v) is 10.2. The van der Waals surface area contributed by atoms with Crippen LogP contribution in [0.25, 0.3) is 0 Å². The Balaban J connectivity index is 2.70. The van der Waals surface area contributed by atoms with E-state index in [0.717, 1.165) is 12.0 Å². The number of nitrogens with one attached hydrogen (secondary N) is 1. The van der Waals surface area contributed by atoms with Gasteiger partial charge in [0.2, 0.25) is 5.91 Å². The predicted octanol–water partition coefficient (Wildman–Crippen LogP) is 1.38. The van der Waals surface area contributed by atoms with E-state index in [9.17, 15) is 9.59 Å². The monoisotopic (exact) mass is 234 g/mol. The lowest BCUT2D eigenvalue weighted by atomic mass is 10.1. The standard InChI is InChI=1S/C13H18N2O2/c1-3-4-11(12(14)16)15-13(17)10-7-5-9(2)6-8-10/h5-8,11H,3-4H2,1-2H3,(H2,14,16)(H,15,17). The largest absolute Gasteiger partial charge is 0.368 e. The minimum atomic E-state index is -0.589. The third kappa shape index (κ3) is 3.90. The Labute approximate surface area is 101 Å². The molecule has 1 aromatic rings. The molecular weight excluding hydrogens is 216 g/mol. The summed E-state index contributed by atoms with van der Waals surface area (Å²) in [6.45, 7) is 3.89. The molecule has 17 heavy (non-hydrogen) atoms. The van der Waals surface area contributed by atoms with E-state index in [0.29, 0.717) is 12.0 Å². The van der Waals surface area contributed by atoms with E-state index < -0.39 is 11.9 Å². The van der Waals surface area contributed by atoms with Crippen molar-refractivity contribution >= 4 is 11.8 Å². The normalized spacial score (nSPS) is 11.9. The average molecular weight is 234 g/mol. The molecule has 4 heteroatoms. The van der Waals surface area contributed by atoms with Crippen LogP contribution in [0.3, 0.4) is 0 Å². The number of primary amides is 1. The minimum absolute atomic E-state index is 0.262. The summed E-state index contributed by atoms with van der Waals surface area (Å²) in [4.78, 5) is 22.9. The van der Waals surface area contributed by atoms with E-state index in [-0.39, 0.29) is 5.91 Å². The fourth-order valence-corrected chi connectivity index (χ4v) is 1.52. The summed E-state index contributed by atoms with van der Waals surface area (Å²) in [6.07, 6.45) is 1.36. The third-order valence-electron chi connectivity index (χ3n) is 2.54. The van der Waals surface area contributed by atoms with Crippen LogP contribution in [0, 0.1) is 6.92 Å². The first-order valence-electron chi connectivity index (χ1n) is 5.71. The smallest absolute Gasteiger partial charge is 0.251 e. The molecule has 2 amide bonds. The summed E-state index contributed by atoms with van der Waals surface area (Å²) in [7, 11) is 0. The second-order valence-corrected chi connectivity index (χ2v) is 4.08. The van der Waals surface area contributed by atoms with Crippen LogP contribution < -0.4 is 11.1 Å². The molecule has 0 aliphatic rings. The maximum absolute atomic E-state index is 11.8. The van der Waals surface area contributed by atoms with Gasteiger partial charge < -0.3 is 11.1 Å². The van der Waals surface area contributed by atoms with E-state index in [1.807, 2.05) is 26.0 Å². The molecule has 0 radical (unpaired) electrons. The fraction of sp³-hybridized carbons (Fsp3) is 0.385. The molecule has 0 saturated heterocycles. The molecule has 0 saturated carbocycles. The maximum atomic E-state index is 11.8. The molecule has 1 aromatic carbocycles. The van der Waals surface area contributed by atoms with Crippen molar-refractivity contribution in [2.45, 2.75) is 32.7 Å². The minimum Gasteiger partial charge on any atom is -0.368 e. The Morgan fingerprint density at radius 3 is 2.35 bits per heavy atom. The number of hydrogen-bond acceptors (Lipinski definition) is 2. The van der Waals surface area contributed by atoms with Crippen molar-refractivity contribution < 1.29 is 9.59 Å². The Hall–Kier alpha value is -1.84. The van der Waals surface area contributed by atoms with Crippen LogP contribution in [0.5, 0.6) is 0 Å². The van der Waals surface area contributed by atoms with Crippen LogP contribution >= 0.6 is 0 Å². The van der Waals surface area contributed by atoms with Crippen molar-refractivity contribution in [3.05, 3.63) is 35.4 Å². The van der Waals surface area contributed by atoms with Crippen LogP contribution in [0.15, 0.2) is 24.3 Å². The van der Waals surface area contributed by atoms with E-state index in [4.69, 9.17) is 5.73 Å². The Bertz CT molecular complexity index is 398. The lowest BCUT2D eigenvalue weighted by molar-refractivity contribution is -0.120. The molecule has 1 rings (SSSR count). The van der Waals surface area contributed by atoms with Crippen LogP contribution in [0.2, 0.25) is 0 Å². The zero-order chi connectivity index (χ0) is 12.8. The van der Waals surface area contributed by atoms with Crippen molar-refractivity contribution in [2.75, 3.05) is 0 Å². The summed E-state index contributed by atoms with van der Waals surface area (Å²) in [5.41, 5.74) is 6.84. The van der Waals surface area contributed by atoms with Crippen LogP contribution in [0.1, 0.15) is 35.7 Å². The molecule has 3 N–H and O–H groups in total. The van der Waals surface area contributed by atoms with Crippen molar-refractivity contribution in [1.29, 1.82) is 0 Å². The zero-order valence-electron chi connectivity index (χ0n) is 10.2. The van der Waals surface area contributed by atoms with Gasteiger partial charge in [-0.2, -0.15) is 0 Å². The molecule has 0 spiro atoms. The van der Waals surface area contributed by atoms with Gasteiger partial charge in [-0.3, -0.25) is 9.59 Å². The van der Waals surface area contributed by atoms with Gasteiger partial charge in [0.15, 0.2) is 0 Å². The van der Waals surface area contributed by atoms with Gasteiger partial charge in [-0.15, -0.1) is 0 Å². The van der Waals surface area contributed by atoms with Gasteiger partial charge in [0.25, 0.3) is 5.91 Å². The molecule has 0 bridgehead atoms. The quantitative estimate of drug-likeness (QED) is 0.807. The van der Waals surface area contributed by atoms with Gasteiger partial charge in [-0.1, -0.05) is 31.0 Å². The lowest BCUT2D eigenvalue weighted by Gasteiger charge is -2.14. The number of aryl methyl sites for hydroxylation is 1. The van der Waals surface area contributed by atoms with Crippen LogP contribution in [-0.4, -0.2) is 17.9 Å². The Kier molecular flexibility index (Phi) is 4.69. The van der Waals surface area contributed by atoms with E-state index in [1.165, 1.54) is 0 Å². The molecule has 1 atom stereocenters. The number of rotatable bonds is 5. The van der Waals surface area contributed by atoms with Gasteiger partial charge in [-0.05, 0) is 25.5 Å². The summed E-state index contributed by atoms with van der Waals surface area (Å²) in [5.74, 6) is -0.755. The van der Waals surface area contributed by atoms with Gasteiger partial charge in [0.05, 0.1) is 0 Å². The number of amides is 2. The summed E-state index contributed by atoms with van der Waals surface area (Å²) in [6, 6.07) is 6.58. The second-order valence-electron chi connectivity index (χ2n) is 4.08. The summed E-state index contributed by atoms with van der Waals surface area (Å²) < 4.78 is 0. The SMILES string of the molecule is CCCC(NC(=O)c1ccc(C)cc1)C(N)=O. The first-order valence-corrected chi connectivity index (χ1v) is 5.71. The highest BCUT2D eigenvalue weighted by Gasteiger charge is 2.17. The molecule has 0 aliphatic heterocycles. The van der Waals surface area contributed by atoms with E-state index in [1.54, 1.807) is 12.1 Å². The third-order valence-corrected chi connectivity index (χ3v) is 2.54. The van der Waals surface area contributed by atoms with Gasteiger partial charge in [0, 0.05) is 5.56 Å². The van der Waals surface area contributed by atoms with E-state index >= 15 is 0 Å². The topological polar surface area (TPSA) is 72.2 Å². The number of benzene rings is 1. The molecule has 0 fully saturated rings. The molecule has 0 heterocycles. The molecule has 0 aromatic heterocycles. The number of hydrogen-bond donors (Lipinski definition) is 2. The second kappa shape index (κ2) is 6.03. The van der Waals surface area contributed by atoms with Crippen molar-refractivity contribution in [2.24, 2.45) is 5.73 Å². The molecule has 4 nitrogen and oxygen atoms in total. The highest BCUT2D eigenvalue weighted by atomic mass is 16.2. The Morgan fingerprint density at radius 2 is 1.88 bits per heavy atom. The number of carbonyl (C=O) groups excluding carboxylic acids is 2. The highest BCUT2D eigenvalue weighted by Crippen LogP contribution is 2.04. The van der Waals surface area contributed by atoms with Crippen LogP contribution in [0.4, 0.5) is 0 Å². The first-order chi connectivity index (χ1) is 8.04. The number of nitrogens with two attached hydrogens (primary N) is 1. The van der Waals surface area contributed by atoms with Gasteiger partial charge >= 0.3 is 0 Å². The molecular formula is C13H18N2O2. The predicted molar refractivity (Wildman–Crippen MR) is 66.5 cm³/mol. The van der Waals surface area contributed by atoms with Crippen molar-refractivity contribution in [1.82, 2.24) is 5.32 Å². The van der Waals surface area contributed by atoms with Gasteiger partial charge in [-0.25, -0.2) is 0 Å². The first kappa shape index (κ1) is 13.2. The van der Waals surface area contributed by atoms with Gasteiger partial charge in [0.1, 0.15) is 6.04 Å². The fourth-order valence-electron chi connectivity index (χ4n) is 1.52. The lowest BCUT2D eigenvalue weighted by Crippen LogP contribution is -2.44. The highest BCUT2D eigenvalue weighted by molar-refractivity contribution is 5.97. The number of carbonyl (C=O) groups is 2. The van der Waals surface area contributed by atoms with Crippen molar-refractivity contribution in [3.63, 3.8) is 0 Å². The summed E-state index contributed by atoms with van der Waals surface area (Å²) in [5, 5.41) is 2.64. The average Bonchev–Trinajstić information content (AvgIpc) is 2.29. The van der Waals surface area contributed by atoms with Crippen LogP contribution in [-0.2, 0) is 4.79 Å². The molecule has 1 unspecified atom stereocenters. The Morgan fingerprint density at radius 1 is 1.29 bits per heavy atom. The summed E-state index contributed by atoms with van der Waals surface area (Å²) >= 11 is 0. The molecule has 0 aliphatic carbocycles. The van der Waals surface area contributed by atoms with Crippen molar-refractivity contribution in [3.8, 4) is 0 Å². The molecule has 92 valence electrons. The maximum Gasteiger partial charge on any atom is 0.251 e. The van der Waals surface area contributed by atoms with E-state index in [2.05, 4.69) is 5.32 Å².